The van der Waals surface area contributed by atoms with Gasteiger partial charge in [-0.05, 0) is 23.9 Å². The Morgan fingerprint density at radius 3 is 2.52 bits per heavy atom. The van der Waals surface area contributed by atoms with E-state index in [-0.39, 0.29) is 12.3 Å². The van der Waals surface area contributed by atoms with Gasteiger partial charge in [0.15, 0.2) is 0 Å². The van der Waals surface area contributed by atoms with Crippen molar-refractivity contribution in [2.45, 2.75) is 13.3 Å². The van der Waals surface area contributed by atoms with Crippen LogP contribution in [0.5, 0.6) is 0 Å². The Labute approximate surface area is 139 Å². The molecule has 1 saturated heterocycles. The predicted molar refractivity (Wildman–Crippen MR) is 91.2 cm³/mol. The van der Waals surface area contributed by atoms with Gasteiger partial charge in [0.2, 0.25) is 0 Å². The average molecular weight is 332 g/mol. The molecule has 1 fully saturated rings. The van der Waals surface area contributed by atoms with E-state index in [1.165, 1.54) is 0 Å². The number of carboxylic acid groups (broad SMARTS) is 1. The number of benzene rings is 1. The van der Waals surface area contributed by atoms with Gasteiger partial charge in [0.25, 0.3) is 5.91 Å². The number of carbonyl (C=O) groups is 2. The standard InChI is InChI=1S/C17H20N2O3S/c1-12-13-4-2-3-5-14(13)23-16(12)17(22)19-10-8-18(9-11-19)7-6-15(20)21/h2-5H,6-11H2,1H3,(H,20,21). The van der Waals surface area contributed by atoms with E-state index < -0.39 is 5.97 Å². The number of carboxylic acids is 1. The fourth-order valence-electron chi connectivity index (χ4n) is 2.95. The number of rotatable bonds is 4. The minimum absolute atomic E-state index is 0.0987. The van der Waals surface area contributed by atoms with Crippen molar-refractivity contribution in [1.82, 2.24) is 9.80 Å². The molecule has 1 N–H and O–H groups in total. The highest BCUT2D eigenvalue weighted by Crippen LogP contribution is 2.31. The summed E-state index contributed by atoms with van der Waals surface area (Å²) < 4.78 is 1.15. The third-order valence-electron chi connectivity index (χ3n) is 4.34. The van der Waals surface area contributed by atoms with E-state index in [1.54, 1.807) is 11.3 Å². The second-order valence-corrected chi connectivity index (χ2v) is 6.88. The summed E-state index contributed by atoms with van der Waals surface area (Å²) in [6.07, 6.45) is 0.156. The molecular weight excluding hydrogens is 312 g/mol. The smallest absolute Gasteiger partial charge is 0.304 e. The van der Waals surface area contributed by atoms with Crippen molar-refractivity contribution in [3.63, 3.8) is 0 Å². The van der Waals surface area contributed by atoms with Crippen molar-refractivity contribution >= 4 is 33.3 Å². The van der Waals surface area contributed by atoms with Crippen molar-refractivity contribution in [2.75, 3.05) is 32.7 Å². The summed E-state index contributed by atoms with van der Waals surface area (Å²) in [6.45, 7) is 5.36. The summed E-state index contributed by atoms with van der Waals surface area (Å²) in [5, 5.41) is 9.90. The Balaban J connectivity index is 1.67. The van der Waals surface area contributed by atoms with E-state index in [2.05, 4.69) is 11.0 Å². The van der Waals surface area contributed by atoms with Gasteiger partial charge in [-0.25, -0.2) is 0 Å². The van der Waals surface area contributed by atoms with Gasteiger partial charge in [-0.3, -0.25) is 14.5 Å². The number of aliphatic carboxylic acids is 1. The molecule has 1 aliphatic rings. The van der Waals surface area contributed by atoms with E-state index in [4.69, 9.17) is 5.11 Å². The normalized spacial score (nSPS) is 16.0. The van der Waals surface area contributed by atoms with Gasteiger partial charge in [0.1, 0.15) is 0 Å². The van der Waals surface area contributed by atoms with Gasteiger partial charge in [-0.15, -0.1) is 11.3 Å². The Morgan fingerprint density at radius 1 is 1.17 bits per heavy atom. The van der Waals surface area contributed by atoms with Crippen molar-refractivity contribution in [1.29, 1.82) is 0 Å². The molecule has 1 aromatic carbocycles. The third-order valence-corrected chi connectivity index (χ3v) is 5.60. The molecule has 122 valence electrons. The van der Waals surface area contributed by atoms with Crippen LogP contribution >= 0.6 is 11.3 Å². The van der Waals surface area contributed by atoms with Crippen LogP contribution in [0.15, 0.2) is 24.3 Å². The molecule has 0 spiro atoms. The predicted octanol–water partition coefficient (Wildman–Crippen LogP) is 2.44. The minimum Gasteiger partial charge on any atom is -0.481 e. The summed E-state index contributed by atoms with van der Waals surface area (Å²) in [5.74, 6) is -0.675. The number of hydrogen-bond acceptors (Lipinski definition) is 4. The van der Waals surface area contributed by atoms with Gasteiger partial charge in [0.05, 0.1) is 11.3 Å². The maximum Gasteiger partial charge on any atom is 0.304 e. The van der Waals surface area contributed by atoms with Gasteiger partial charge in [0, 0.05) is 37.4 Å². The van der Waals surface area contributed by atoms with E-state index >= 15 is 0 Å². The lowest BCUT2D eigenvalue weighted by Gasteiger charge is -2.34. The monoisotopic (exact) mass is 332 g/mol. The summed E-state index contributed by atoms with van der Waals surface area (Å²) >= 11 is 1.56. The quantitative estimate of drug-likeness (QED) is 0.934. The van der Waals surface area contributed by atoms with Crippen molar-refractivity contribution in [3.05, 3.63) is 34.7 Å². The molecule has 1 aliphatic heterocycles. The van der Waals surface area contributed by atoms with E-state index in [9.17, 15) is 9.59 Å². The van der Waals surface area contributed by atoms with Crippen LogP contribution in [0, 0.1) is 6.92 Å². The maximum atomic E-state index is 12.8. The van der Waals surface area contributed by atoms with Gasteiger partial charge < -0.3 is 10.0 Å². The molecule has 0 bridgehead atoms. The van der Waals surface area contributed by atoms with Gasteiger partial charge in [-0.2, -0.15) is 0 Å². The first kappa shape index (κ1) is 16.0. The Kier molecular flexibility index (Phi) is 4.63. The number of amides is 1. The lowest BCUT2D eigenvalue weighted by atomic mass is 10.1. The zero-order valence-corrected chi connectivity index (χ0v) is 13.9. The van der Waals surface area contributed by atoms with Crippen LogP contribution in [0.4, 0.5) is 0 Å². The molecule has 6 heteroatoms. The average Bonchev–Trinajstić information content (AvgIpc) is 2.90. The van der Waals surface area contributed by atoms with Crippen molar-refractivity contribution in [2.24, 2.45) is 0 Å². The Morgan fingerprint density at radius 2 is 1.87 bits per heavy atom. The number of carbonyl (C=O) groups excluding carboxylic acids is 1. The molecule has 0 radical (unpaired) electrons. The minimum atomic E-state index is -0.774. The number of hydrogen-bond donors (Lipinski definition) is 1. The highest BCUT2D eigenvalue weighted by Gasteiger charge is 2.25. The molecular formula is C17H20N2O3S. The summed E-state index contributed by atoms with van der Waals surface area (Å²) in [6, 6.07) is 8.10. The zero-order chi connectivity index (χ0) is 16.4. The number of aryl methyl sites for hydroxylation is 1. The molecule has 1 amide bonds. The number of nitrogens with zero attached hydrogens (tertiary/aromatic N) is 2. The fourth-order valence-corrected chi connectivity index (χ4v) is 4.13. The Bertz CT molecular complexity index is 733. The van der Waals surface area contributed by atoms with Crippen molar-refractivity contribution in [3.8, 4) is 0 Å². The molecule has 2 aromatic rings. The first-order valence-corrected chi connectivity index (χ1v) is 8.59. The largest absolute Gasteiger partial charge is 0.481 e. The highest BCUT2D eigenvalue weighted by molar-refractivity contribution is 7.21. The lowest BCUT2D eigenvalue weighted by Crippen LogP contribution is -2.49. The zero-order valence-electron chi connectivity index (χ0n) is 13.1. The second-order valence-electron chi connectivity index (χ2n) is 5.83. The highest BCUT2D eigenvalue weighted by atomic mass is 32.1. The lowest BCUT2D eigenvalue weighted by molar-refractivity contribution is -0.137. The molecule has 0 saturated carbocycles. The Hall–Kier alpha value is -1.92. The first-order valence-electron chi connectivity index (χ1n) is 7.78. The molecule has 0 unspecified atom stereocenters. The van der Waals surface area contributed by atoms with Crippen LogP contribution in [-0.4, -0.2) is 59.5 Å². The van der Waals surface area contributed by atoms with E-state index in [1.807, 2.05) is 30.0 Å². The number of piperazine rings is 1. The summed E-state index contributed by atoms with van der Waals surface area (Å²) in [7, 11) is 0. The number of thiophene rings is 1. The first-order chi connectivity index (χ1) is 11.1. The van der Waals surface area contributed by atoms with Crippen molar-refractivity contribution < 1.29 is 14.7 Å². The molecule has 1 aromatic heterocycles. The van der Waals surface area contributed by atoms with Crippen LogP contribution in [0.3, 0.4) is 0 Å². The molecule has 5 nitrogen and oxygen atoms in total. The van der Waals surface area contributed by atoms with Crippen LogP contribution in [0.2, 0.25) is 0 Å². The maximum absolute atomic E-state index is 12.8. The molecule has 0 aliphatic carbocycles. The number of fused-ring (bicyclic) bond motifs is 1. The SMILES string of the molecule is Cc1c(C(=O)N2CCN(CCC(=O)O)CC2)sc2ccccc12. The molecule has 23 heavy (non-hydrogen) atoms. The van der Waals surface area contributed by atoms with Crippen LogP contribution in [-0.2, 0) is 4.79 Å². The molecule has 3 rings (SSSR count). The summed E-state index contributed by atoms with van der Waals surface area (Å²) in [5.41, 5.74) is 1.06. The topological polar surface area (TPSA) is 60.9 Å². The van der Waals surface area contributed by atoms with Crippen LogP contribution in [0.25, 0.3) is 10.1 Å². The third kappa shape index (κ3) is 3.38. The molecule has 2 heterocycles. The molecule has 0 atom stereocenters. The second kappa shape index (κ2) is 6.68. The van der Waals surface area contributed by atoms with Gasteiger partial charge in [-0.1, -0.05) is 18.2 Å². The van der Waals surface area contributed by atoms with E-state index in [0.29, 0.717) is 19.6 Å². The summed E-state index contributed by atoms with van der Waals surface area (Å²) in [4.78, 5) is 28.2. The van der Waals surface area contributed by atoms with E-state index in [0.717, 1.165) is 33.6 Å². The van der Waals surface area contributed by atoms with Gasteiger partial charge >= 0.3 is 5.97 Å². The van der Waals surface area contributed by atoms with Crippen LogP contribution in [0.1, 0.15) is 21.7 Å². The fraction of sp³-hybridized carbons (Fsp3) is 0.412. The van der Waals surface area contributed by atoms with Crippen LogP contribution < -0.4 is 0 Å².